The van der Waals surface area contributed by atoms with E-state index in [1.165, 1.54) is 25.4 Å². The summed E-state index contributed by atoms with van der Waals surface area (Å²) in [6.45, 7) is 1.54. The number of nitrogens with zero attached hydrogens (tertiary/aromatic N) is 2. The summed E-state index contributed by atoms with van der Waals surface area (Å²) in [5.74, 6) is -0.842. The molecule has 2 aromatic rings. The highest BCUT2D eigenvalue weighted by Crippen LogP contribution is 2.27. The molecule has 0 fully saturated rings. The Morgan fingerprint density at radius 2 is 2.20 bits per heavy atom. The molecular formula is C12H13N3O4S. The quantitative estimate of drug-likeness (QED) is 0.834. The van der Waals surface area contributed by atoms with Gasteiger partial charge in [-0.25, -0.2) is 4.98 Å². The van der Waals surface area contributed by atoms with Crippen molar-refractivity contribution in [3.05, 3.63) is 27.1 Å². The van der Waals surface area contributed by atoms with Crippen molar-refractivity contribution in [3.63, 3.8) is 0 Å². The number of carbonyl (C=O) groups is 2. The number of hydrogen-bond acceptors (Lipinski definition) is 6. The summed E-state index contributed by atoms with van der Waals surface area (Å²) in [4.78, 5) is 43.9. The number of likely N-dealkylation sites (N-methyl/N-ethyl adjacent to an activating group) is 1. The van der Waals surface area contributed by atoms with Crippen molar-refractivity contribution in [2.45, 2.75) is 6.92 Å². The third kappa shape index (κ3) is 2.42. The van der Waals surface area contributed by atoms with Gasteiger partial charge in [0.25, 0.3) is 11.5 Å². The van der Waals surface area contributed by atoms with E-state index >= 15 is 0 Å². The molecule has 1 amide bonds. The Balaban J connectivity index is 2.41. The van der Waals surface area contributed by atoms with Crippen molar-refractivity contribution in [2.75, 3.05) is 20.7 Å². The van der Waals surface area contributed by atoms with Crippen LogP contribution in [0.1, 0.15) is 15.2 Å². The zero-order chi connectivity index (χ0) is 14.9. The predicted molar refractivity (Wildman–Crippen MR) is 74.0 cm³/mol. The average Bonchev–Trinajstić information content (AvgIpc) is 2.76. The monoisotopic (exact) mass is 295 g/mol. The van der Waals surface area contributed by atoms with Crippen LogP contribution in [0.25, 0.3) is 10.2 Å². The van der Waals surface area contributed by atoms with E-state index in [1.54, 1.807) is 6.92 Å². The van der Waals surface area contributed by atoms with Crippen molar-refractivity contribution in [1.82, 2.24) is 14.9 Å². The van der Waals surface area contributed by atoms with Crippen LogP contribution >= 0.6 is 11.3 Å². The van der Waals surface area contributed by atoms with E-state index in [4.69, 9.17) is 0 Å². The minimum absolute atomic E-state index is 0.146. The Bertz CT molecular complexity index is 734. The molecular weight excluding hydrogens is 282 g/mol. The van der Waals surface area contributed by atoms with E-state index < -0.39 is 5.97 Å². The fourth-order valence-electron chi connectivity index (χ4n) is 1.79. The first-order chi connectivity index (χ1) is 9.45. The van der Waals surface area contributed by atoms with Gasteiger partial charge in [-0.2, -0.15) is 0 Å². The van der Waals surface area contributed by atoms with Crippen LogP contribution < -0.4 is 5.56 Å². The molecule has 0 spiro atoms. The molecule has 8 heteroatoms. The van der Waals surface area contributed by atoms with Gasteiger partial charge >= 0.3 is 5.97 Å². The van der Waals surface area contributed by atoms with Crippen LogP contribution in [0, 0.1) is 6.92 Å². The summed E-state index contributed by atoms with van der Waals surface area (Å²) in [6.07, 6.45) is 1.30. The lowest BCUT2D eigenvalue weighted by Crippen LogP contribution is -2.32. The van der Waals surface area contributed by atoms with Gasteiger partial charge in [0, 0.05) is 7.05 Å². The number of methoxy groups -OCH3 is 1. The molecule has 20 heavy (non-hydrogen) atoms. The second kappa shape index (κ2) is 5.41. The standard InChI is InChI=1S/C12H13N3O4S/c1-6-8-10(17)13-5-14-11(8)20-9(6)12(18)15(2)4-7(16)19-3/h5H,4H2,1-3H3,(H,13,14,17). The van der Waals surface area contributed by atoms with Crippen molar-refractivity contribution in [1.29, 1.82) is 0 Å². The second-order valence-corrected chi connectivity index (χ2v) is 5.20. The van der Waals surface area contributed by atoms with Crippen LogP contribution in [0.3, 0.4) is 0 Å². The molecule has 0 unspecified atom stereocenters. The van der Waals surface area contributed by atoms with Crippen LogP contribution in [0.2, 0.25) is 0 Å². The number of thiophene rings is 1. The number of rotatable bonds is 3. The topological polar surface area (TPSA) is 92.4 Å². The minimum Gasteiger partial charge on any atom is -0.468 e. The van der Waals surface area contributed by atoms with Crippen molar-refractivity contribution < 1.29 is 14.3 Å². The summed E-state index contributed by atoms with van der Waals surface area (Å²) in [5.41, 5.74) is 0.291. The average molecular weight is 295 g/mol. The number of ether oxygens (including phenoxy) is 1. The Hall–Kier alpha value is -2.22. The lowest BCUT2D eigenvalue weighted by Gasteiger charge is -2.14. The number of aromatic nitrogens is 2. The number of hydrogen-bond donors (Lipinski definition) is 1. The van der Waals surface area contributed by atoms with E-state index in [0.29, 0.717) is 20.7 Å². The van der Waals surface area contributed by atoms with Gasteiger partial charge in [-0.1, -0.05) is 0 Å². The first-order valence-electron chi connectivity index (χ1n) is 5.74. The normalized spacial score (nSPS) is 10.6. The third-order valence-electron chi connectivity index (χ3n) is 2.87. The first kappa shape index (κ1) is 14.2. The van der Waals surface area contributed by atoms with E-state index in [-0.39, 0.29) is 18.0 Å². The molecule has 0 aliphatic heterocycles. The highest BCUT2D eigenvalue weighted by atomic mass is 32.1. The highest BCUT2D eigenvalue weighted by Gasteiger charge is 2.22. The number of aromatic amines is 1. The van der Waals surface area contributed by atoms with E-state index in [1.807, 2.05) is 0 Å². The van der Waals surface area contributed by atoms with E-state index in [0.717, 1.165) is 11.3 Å². The Morgan fingerprint density at radius 1 is 1.50 bits per heavy atom. The van der Waals surface area contributed by atoms with Gasteiger partial charge in [-0.3, -0.25) is 14.4 Å². The molecule has 0 aromatic carbocycles. The van der Waals surface area contributed by atoms with Crippen LogP contribution in [0.5, 0.6) is 0 Å². The first-order valence-corrected chi connectivity index (χ1v) is 6.56. The van der Waals surface area contributed by atoms with Crippen molar-refractivity contribution in [3.8, 4) is 0 Å². The number of esters is 1. The lowest BCUT2D eigenvalue weighted by atomic mass is 10.2. The predicted octanol–water partition coefficient (Wildman–Crippen LogP) is 0.538. The molecule has 2 aromatic heterocycles. The number of fused-ring (bicyclic) bond motifs is 1. The third-order valence-corrected chi connectivity index (χ3v) is 4.06. The summed E-state index contributed by atoms with van der Waals surface area (Å²) in [5, 5.41) is 0.410. The second-order valence-electron chi connectivity index (χ2n) is 4.21. The summed E-state index contributed by atoms with van der Waals surface area (Å²) in [7, 11) is 2.76. The molecule has 0 atom stereocenters. The lowest BCUT2D eigenvalue weighted by molar-refractivity contribution is -0.141. The maximum Gasteiger partial charge on any atom is 0.325 e. The molecule has 2 rings (SSSR count). The molecule has 0 aliphatic rings. The summed E-state index contributed by atoms with van der Waals surface area (Å²) >= 11 is 1.13. The molecule has 0 saturated carbocycles. The van der Waals surface area contributed by atoms with Crippen LogP contribution in [-0.4, -0.2) is 47.4 Å². The molecule has 1 N–H and O–H groups in total. The van der Waals surface area contributed by atoms with Crippen LogP contribution in [0.4, 0.5) is 0 Å². The number of amides is 1. The molecule has 0 saturated heterocycles. The van der Waals surface area contributed by atoms with Crippen LogP contribution in [-0.2, 0) is 9.53 Å². The van der Waals surface area contributed by atoms with Gasteiger partial charge in [-0.15, -0.1) is 11.3 Å². The molecule has 7 nitrogen and oxygen atoms in total. The summed E-state index contributed by atoms with van der Waals surface area (Å²) in [6, 6.07) is 0. The fourth-order valence-corrected chi connectivity index (χ4v) is 2.93. The molecule has 0 radical (unpaired) electrons. The Labute approximate surface area is 118 Å². The zero-order valence-corrected chi connectivity index (χ0v) is 12.0. The number of nitrogens with one attached hydrogen (secondary N) is 1. The van der Waals surface area contributed by atoms with Crippen molar-refractivity contribution >= 4 is 33.4 Å². The highest BCUT2D eigenvalue weighted by molar-refractivity contribution is 7.20. The molecule has 2 heterocycles. The maximum atomic E-state index is 12.3. The van der Waals surface area contributed by atoms with Crippen LogP contribution in [0.15, 0.2) is 11.1 Å². The largest absolute Gasteiger partial charge is 0.468 e. The number of H-pyrrole nitrogens is 1. The SMILES string of the molecule is COC(=O)CN(C)C(=O)c1sc2nc[nH]c(=O)c2c1C. The Morgan fingerprint density at radius 3 is 2.80 bits per heavy atom. The molecule has 0 bridgehead atoms. The summed E-state index contributed by atoms with van der Waals surface area (Å²) < 4.78 is 4.52. The van der Waals surface area contributed by atoms with Gasteiger partial charge in [0.15, 0.2) is 0 Å². The van der Waals surface area contributed by atoms with Gasteiger partial charge < -0.3 is 14.6 Å². The van der Waals surface area contributed by atoms with E-state index in [2.05, 4.69) is 14.7 Å². The van der Waals surface area contributed by atoms with E-state index in [9.17, 15) is 14.4 Å². The van der Waals surface area contributed by atoms with Gasteiger partial charge in [-0.05, 0) is 12.5 Å². The smallest absolute Gasteiger partial charge is 0.325 e. The fraction of sp³-hybridized carbons (Fsp3) is 0.333. The number of aryl methyl sites for hydroxylation is 1. The Kier molecular flexibility index (Phi) is 3.84. The van der Waals surface area contributed by atoms with Crippen molar-refractivity contribution in [2.24, 2.45) is 0 Å². The van der Waals surface area contributed by atoms with Gasteiger partial charge in [0.1, 0.15) is 11.4 Å². The molecule has 0 aliphatic carbocycles. The number of carbonyl (C=O) groups excluding carboxylic acids is 2. The molecule has 106 valence electrons. The van der Waals surface area contributed by atoms with Gasteiger partial charge in [0.05, 0.1) is 23.7 Å². The maximum absolute atomic E-state index is 12.3. The van der Waals surface area contributed by atoms with Gasteiger partial charge in [0.2, 0.25) is 0 Å². The zero-order valence-electron chi connectivity index (χ0n) is 11.2. The minimum atomic E-state index is -0.504.